The molecule has 0 amide bonds. The maximum Gasteiger partial charge on any atom is 0.341 e. The Labute approximate surface area is 169 Å². The predicted molar refractivity (Wildman–Crippen MR) is 106 cm³/mol. The Morgan fingerprint density at radius 3 is 2.57 bits per heavy atom. The summed E-state index contributed by atoms with van der Waals surface area (Å²) in [5.41, 5.74) is 0.446. The summed E-state index contributed by atoms with van der Waals surface area (Å²) in [6, 6.07) is 10.5. The van der Waals surface area contributed by atoms with E-state index in [-0.39, 0.29) is 30.5 Å². The summed E-state index contributed by atoms with van der Waals surface area (Å²) in [6.45, 7) is -0.166. The van der Waals surface area contributed by atoms with Crippen molar-refractivity contribution < 1.29 is 15.0 Å². The number of fused-ring (bicyclic) bond motifs is 1. The van der Waals surface area contributed by atoms with Crippen LogP contribution in [0.2, 0.25) is 10.0 Å². The summed E-state index contributed by atoms with van der Waals surface area (Å²) in [7, 11) is 0. The van der Waals surface area contributed by atoms with Gasteiger partial charge in [0.1, 0.15) is 11.6 Å². The molecule has 0 aliphatic heterocycles. The summed E-state index contributed by atoms with van der Waals surface area (Å²) in [5, 5.41) is 29.1. The molecule has 0 radical (unpaired) electrons. The zero-order valence-corrected chi connectivity index (χ0v) is 16.0. The molecule has 3 aromatic rings. The molecule has 6 nitrogen and oxygen atoms in total. The SMILES string of the molecule is N#Cc1c(Cc2cccc(Cl)c2Cl)ccc2c1c(=O)c(C(=O)O)cn2CCO. The fourth-order valence-electron chi connectivity index (χ4n) is 3.13. The normalized spacial score (nSPS) is 10.8. The van der Waals surface area contributed by atoms with Crippen molar-refractivity contribution in [2.24, 2.45) is 0 Å². The molecule has 1 aromatic heterocycles. The second-order valence-electron chi connectivity index (χ2n) is 6.09. The summed E-state index contributed by atoms with van der Waals surface area (Å²) >= 11 is 12.3. The summed E-state index contributed by atoms with van der Waals surface area (Å²) < 4.78 is 1.46. The van der Waals surface area contributed by atoms with Crippen molar-refractivity contribution in [2.75, 3.05) is 6.61 Å². The largest absolute Gasteiger partial charge is 0.477 e. The Morgan fingerprint density at radius 1 is 1.18 bits per heavy atom. The fourth-order valence-corrected chi connectivity index (χ4v) is 3.52. The average Bonchev–Trinajstić information content (AvgIpc) is 2.67. The second kappa shape index (κ2) is 8.03. The lowest BCUT2D eigenvalue weighted by atomic mass is 9.95. The number of benzene rings is 2. The maximum atomic E-state index is 12.8. The lowest BCUT2D eigenvalue weighted by Crippen LogP contribution is -2.21. The monoisotopic (exact) mass is 416 g/mol. The molecule has 0 saturated heterocycles. The number of aromatic nitrogens is 1. The van der Waals surface area contributed by atoms with Crippen molar-refractivity contribution >= 4 is 40.1 Å². The van der Waals surface area contributed by atoms with Gasteiger partial charge in [0.15, 0.2) is 0 Å². The van der Waals surface area contributed by atoms with Crippen LogP contribution in [-0.4, -0.2) is 27.4 Å². The Kier molecular flexibility index (Phi) is 5.71. The van der Waals surface area contributed by atoms with E-state index in [1.54, 1.807) is 30.3 Å². The zero-order chi connectivity index (χ0) is 20.4. The molecule has 2 aromatic carbocycles. The van der Waals surface area contributed by atoms with Gasteiger partial charge in [-0.05, 0) is 23.3 Å². The molecule has 0 spiro atoms. The van der Waals surface area contributed by atoms with Crippen molar-refractivity contribution in [1.29, 1.82) is 5.26 Å². The highest BCUT2D eigenvalue weighted by Gasteiger charge is 2.20. The lowest BCUT2D eigenvalue weighted by Gasteiger charge is -2.14. The van der Waals surface area contributed by atoms with E-state index in [4.69, 9.17) is 23.2 Å². The third-order valence-electron chi connectivity index (χ3n) is 4.43. The highest BCUT2D eigenvalue weighted by molar-refractivity contribution is 6.42. The molecule has 0 atom stereocenters. The van der Waals surface area contributed by atoms with E-state index in [1.807, 2.05) is 6.07 Å². The van der Waals surface area contributed by atoms with Crippen LogP contribution in [0.5, 0.6) is 0 Å². The van der Waals surface area contributed by atoms with E-state index < -0.39 is 17.0 Å². The van der Waals surface area contributed by atoms with Crippen molar-refractivity contribution in [2.45, 2.75) is 13.0 Å². The number of carboxylic acid groups (broad SMARTS) is 1. The van der Waals surface area contributed by atoms with E-state index in [2.05, 4.69) is 0 Å². The van der Waals surface area contributed by atoms with E-state index in [9.17, 15) is 25.1 Å². The molecule has 142 valence electrons. The average molecular weight is 417 g/mol. The first-order valence-electron chi connectivity index (χ1n) is 8.25. The van der Waals surface area contributed by atoms with Crippen LogP contribution in [0.1, 0.15) is 27.0 Å². The maximum absolute atomic E-state index is 12.8. The number of hydrogen-bond donors (Lipinski definition) is 2. The standard InChI is InChI=1S/C20H14Cl2N2O4/c21-15-3-1-2-12(18(15)22)8-11-4-5-16-17(13(11)9-23)19(26)14(20(27)28)10-24(16)6-7-25/h1-5,10,25H,6-8H2,(H,27,28). The molecule has 2 N–H and O–H groups in total. The number of nitrogens with zero attached hydrogens (tertiary/aromatic N) is 2. The van der Waals surface area contributed by atoms with Gasteiger partial charge >= 0.3 is 5.97 Å². The van der Waals surface area contributed by atoms with Gasteiger partial charge in [-0.25, -0.2) is 4.79 Å². The van der Waals surface area contributed by atoms with Gasteiger partial charge < -0.3 is 14.8 Å². The van der Waals surface area contributed by atoms with Gasteiger partial charge in [-0.1, -0.05) is 41.4 Å². The van der Waals surface area contributed by atoms with Crippen LogP contribution >= 0.6 is 23.2 Å². The Balaban J connectivity index is 2.31. The Morgan fingerprint density at radius 2 is 1.93 bits per heavy atom. The number of carboxylic acids is 1. The van der Waals surface area contributed by atoms with Crippen LogP contribution in [0.25, 0.3) is 10.9 Å². The Hall–Kier alpha value is -2.85. The van der Waals surface area contributed by atoms with Crippen LogP contribution in [0.4, 0.5) is 0 Å². The van der Waals surface area contributed by atoms with E-state index >= 15 is 0 Å². The quantitative estimate of drug-likeness (QED) is 0.662. The zero-order valence-electron chi connectivity index (χ0n) is 14.4. The van der Waals surface area contributed by atoms with Crippen LogP contribution < -0.4 is 5.43 Å². The molecule has 0 aliphatic rings. The number of carbonyl (C=O) groups is 1. The summed E-state index contributed by atoms with van der Waals surface area (Å²) in [4.78, 5) is 24.3. The molecule has 0 aliphatic carbocycles. The first kappa shape index (κ1) is 19.9. The lowest BCUT2D eigenvalue weighted by molar-refractivity contribution is 0.0694. The van der Waals surface area contributed by atoms with Gasteiger partial charge in [0.05, 0.1) is 33.1 Å². The van der Waals surface area contributed by atoms with Gasteiger partial charge in [0.25, 0.3) is 0 Å². The van der Waals surface area contributed by atoms with Crippen molar-refractivity contribution in [3.63, 3.8) is 0 Å². The molecule has 0 unspecified atom stereocenters. The minimum atomic E-state index is -1.40. The smallest absolute Gasteiger partial charge is 0.341 e. The number of hydrogen-bond acceptors (Lipinski definition) is 4. The van der Waals surface area contributed by atoms with Crippen molar-refractivity contribution in [3.05, 3.63) is 79.1 Å². The molecule has 0 fully saturated rings. The third-order valence-corrected chi connectivity index (χ3v) is 5.29. The topological polar surface area (TPSA) is 103 Å². The van der Waals surface area contributed by atoms with Gasteiger partial charge in [-0.15, -0.1) is 0 Å². The summed E-state index contributed by atoms with van der Waals surface area (Å²) in [5.74, 6) is -1.40. The van der Waals surface area contributed by atoms with E-state index in [0.717, 1.165) is 0 Å². The minimum Gasteiger partial charge on any atom is -0.477 e. The van der Waals surface area contributed by atoms with Crippen molar-refractivity contribution in [3.8, 4) is 6.07 Å². The first-order valence-corrected chi connectivity index (χ1v) is 9.00. The van der Waals surface area contributed by atoms with E-state index in [0.29, 0.717) is 26.7 Å². The molecule has 1 heterocycles. The van der Waals surface area contributed by atoms with Crippen LogP contribution in [-0.2, 0) is 13.0 Å². The van der Waals surface area contributed by atoms with Crippen molar-refractivity contribution in [1.82, 2.24) is 4.57 Å². The third kappa shape index (κ3) is 3.48. The summed E-state index contributed by atoms with van der Waals surface area (Å²) in [6.07, 6.45) is 1.42. The van der Waals surface area contributed by atoms with Gasteiger partial charge in [-0.2, -0.15) is 5.26 Å². The van der Waals surface area contributed by atoms with Crippen LogP contribution in [0, 0.1) is 11.3 Å². The van der Waals surface area contributed by atoms with Gasteiger partial charge in [0, 0.05) is 19.2 Å². The first-order chi connectivity index (χ1) is 13.4. The number of pyridine rings is 1. The fraction of sp³-hybridized carbons (Fsp3) is 0.150. The second-order valence-corrected chi connectivity index (χ2v) is 6.87. The minimum absolute atomic E-state index is 0.00602. The molecule has 0 saturated carbocycles. The highest BCUT2D eigenvalue weighted by atomic mass is 35.5. The van der Waals surface area contributed by atoms with Crippen LogP contribution in [0.15, 0.2) is 41.3 Å². The number of halogens is 2. The number of aliphatic hydroxyl groups is 1. The molecule has 3 rings (SSSR count). The molecular formula is C20H14Cl2N2O4. The molecule has 28 heavy (non-hydrogen) atoms. The predicted octanol–water partition coefficient (Wildman–Crippen LogP) is 3.46. The molecule has 8 heteroatoms. The number of aliphatic hydroxyl groups excluding tert-OH is 1. The highest BCUT2D eigenvalue weighted by Crippen LogP contribution is 2.29. The number of nitriles is 1. The number of rotatable bonds is 5. The van der Waals surface area contributed by atoms with E-state index in [1.165, 1.54) is 10.8 Å². The van der Waals surface area contributed by atoms with Gasteiger partial charge in [0.2, 0.25) is 5.43 Å². The molecular weight excluding hydrogens is 403 g/mol. The molecule has 0 bridgehead atoms. The van der Waals surface area contributed by atoms with Crippen LogP contribution in [0.3, 0.4) is 0 Å². The number of aromatic carboxylic acids is 1. The Bertz CT molecular complexity index is 1200. The van der Waals surface area contributed by atoms with Gasteiger partial charge in [-0.3, -0.25) is 4.79 Å².